The van der Waals surface area contributed by atoms with Crippen molar-refractivity contribution in [3.8, 4) is 10.6 Å². The molecule has 1 saturated heterocycles. The molecule has 1 N–H and O–H groups in total. The van der Waals surface area contributed by atoms with Crippen molar-refractivity contribution in [3.63, 3.8) is 0 Å². The second-order valence-electron chi connectivity index (χ2n) is 6.39. The summed E-state index contributed by atoms with van der Waals surface area (Å²) in [6.07, 6.45) is 4.55. The lowest BCUT2D eigenvalue weighted by atomic mass is 10.2. The monoisotopic (exact) mass is 357 g/mol. The summed E-state index contributed by atoms with van der Waals surface area (Å²) < 4.78 is 0. The van der Waals surface area contributed by atoms with Gasteiger partial charge in [-0.05, 0) is 44.0 Å². The highest BCUT2D eigenvalue weighted by Gasteiger charge is 2.22. The standard InChI is InChI=1S/C19H23N3O2S/c1-13-17(19(24)22-11-5-3-4-6-12-22)21-18(25-13)15-7-9-16(10-8-15)20-14(2)23/h7-10H,3-6,11-12H2,1-2H3,(H,20,23). The van der Waals surface area contributed by atoms with Crippen molar-refractivity contribution in [2.45, 2.75) is 39.5 Å². The maximum absolute atomic E-state index is 12.8. The fraction of sp³-hybridized carbons (Fsp3) is 0.421. The number of carbonyl (C=O) groups is 2. The van der Waals surface area contributed by atoms with Crippen LogP contribution in [0.25, 0.3) is 10.6 Å². The molecule has 1 aliphatic heterocycles. The van der Waals surface area contributed by atoms with Crippen molar-refractivity contribution in [1.29, 1.82) is 0 Å². The summed E-state index contributed by atoms with van der Waals surface area (Å²) in [4.78, 5) is 31.4. The Morgan fingerprint density at radius 2 is 1.72 bits per heavy atom. The van der Waals surface area contributed by atoms with Crippen LogP contribution in [0.1, 0.15) is 48.0 Å². The number of anilines is 1. The second kappa shape index (κ2) is 7.78. The van der Waals surface area contributed by atoms with E-state index in [4.69, 9.17) is 0 Å². The predicted octanol–water partition coefficient (Wildman–Crippen LogP) is 4.09. The Morgan fingerprint density at radius 1 is 1.08 bits per heavy atom. The van der Waals surface area contributed by atoms with Crippen molar-refractivity contribution in [1.82, 2.24) is 9.88 Å². The first-order valence-corrected chi connectivity index (χ1v) is 9.51. The Bertz CT molecular complexity index is 759. The molecule has 1 aromatic heterocycles. The van der Waals surface area contributed by atoms with Crippen molar-refractivity contribution < 1.29 is 9.59 Å². The van der Waals surface area contributed by atoms with E-state index in [1.165, 1.54) is 31.1 Å². The van der Waals surface area contributed by atoms with Gasteiger partial charge in [-0.3, -0.25) is 9.59 Å². The molecule has 0 bridgehead atoms. The third-order valence-electron chi connectivity index (χ3n) is 4.34. The van der Waals surface area contributed by atoms with Crippen molar-refractivity contribution >= 4 is 28.8 Å². The quantitative estimate of drug-likeness (QED) is 0.900. The first-order valence-electron chi connectivity index (χ1n) is 8.69. The predicted molar refractivity (Wildman–Crippen MR) is 101 cm³/mol. The number of nitrogens with one attached hydrogen (secondary N) is 1. The van der Waals surface area contributed by atoms with Crippen molar-refractivity contribution in [2.24, 2.45) is 0 Å². The second-order valence-corrected chi connectivity index (χ2v) is 7.59. The Morgan fingerprint density at radius 3 is 2.32 bits per heavy atom. The zero-order chi connectivity index (χ0) is 17.8. The number of carbonyl (C=O) groups excluding carboxylic acids is 2. The lowest BCUT2D eigenvalue weighted by Gasteiger charge is -2.19. The lowest BCUT2D eigenvalue weighted by molar-refractivity contribution is -0.114. The molecule has 1 fully saturated rings. The molecule has 2 heterocycles. The molecule has 1 aromatic carbocycles. The third kappa shape index (κ3) is 4.25. The molecule has 3 rings (SSSR count). The zero-order valence-electron chi connectivity index (χ0n) is 14.7. The van der Waals surface area contributed by atoms with E-state index in [1.54, 1.807) is 0 Å². The van der Waals surface area contributed by atoms with Crippen LogP contribution in [0.15, 0.2) is 24.3 Å². The van der Waals surface area contributed by atoms with E-state index in [0.717, 1.165) is 47.1 Å². The van der Waals surface area contributed by atoms with E-state index in [-0.39, 0.29) is 11.8 Å². The number of nitrogens with zero attached hydrogens (tertiary/aromatic N) is 2. The number of hydrogen-bond acceptors (Lipinski definition) is 4. The van der Waals surface area contributed by atoms with Gasteiger partial charge in [0.15, 0.2) is 0 Å². The molecule has 0 atom stereocenters. The third-order valence-corrected chi connectivity index (χ3v) is 5.36. The molecule has 6 heteroatoms. The van der Waals surface area contributed by atoms with Crippen LogP contribution in [-0.2, 0) is 4.79 Å². The molecule has 2 aromatic rings. The maximum atomic E-state index is 12.8. The summed E-state index contributed by atoms with van der Waals surface area (Å²) in [5.41, 5.74) is 2.29. The molecule has 0 radical (unpaired) electrons. The van der Waals surface area contributed by atoms with Crippen molar-refractivity contribution in [3.05, 3.63) is 34.8 Å². The molecule has 1 aliphatic rings. The molecule has 2 amide bonds. The Labute approximate surface area is 152 Å². The summed E-state index contributed by atoms with van der Waals surface area (Å²) in [6, 6.07) is 7.54. The number of amides is 2. The van der Waals surface area contributed by atoms with Gasteiger partial charge in [0.25, 0.3) is 5.91 Å². The SMILES string of the molecule is CC(=O)Nc1ccc(-c2nc(C(=O)N3CCCCCC3)c(C)s2)cc1. The van der Waals surface area contributed by atoms with Crippen LogP contribution in [0.3, 0.4) is 0 Å². The fourth-order valence-electron chi connectivity index (χ4n) is 3.04. The topological polar surface area (TPSA) is 62.3 Å². The number of benzene rings is 1. The van der Waals surface area contributed by atoms with Crippen LogP contribution >= 0.6 is 11.3 Å². The number of aryl methyl sites for hydroxylation is 1. The fourth-order valence-corrected chi connectivity index (χ4v) is 3.95. The van der Waals surface area contributed by atoms with Gasteiger partial charge in [0, 0.05) is 36.1 Å². The van der Waals surface area contributed by atoms with Gasteiger partial charge in [-0.1, -0.05) is 12.8 Å². The van der Waals surface area contributed by atoms with Gasteiger partial charge in [0.05, 0.1) is 0 Å². The van der Waals surface area contributed by atoms with Crippen LogP contribution in [0.4, 0.5) is 5.69 Å². The highest BCUT2D eigenvalue weighted by Crippen LogP contribution is 2.29. The molecule has 0 saturated carbocycles. The van der Waals surface area contributed by atoms with Crippen LogP contribution in [0.2, 0.25) is 0 Å². The summed E-state index contributed by atoms with van der Waals surface area (Å²) in [5.74, 6) is -0.0417. The molecule has 0 unspecified atom stereocenters. The largest absolute Gasteiger partial charge is 0.337 e. The first kappa shape index (κ1) is 17.6. The summed E-state index contributed by atoms with van der Waals surface area (Å²) in [6.45, 7) is 5.10. The normalized spacial score (nSPS) is 14.9. The Balaban J connectivity index is 1.79. The summed E-state index contributed by atoms with van der Waals surface area (Å²) in [7, 11) is 0. The molecular weight excluding hydrogens is 334 g/mol. The lowest BCUT2D eigenvalue weighted by Crippen LogP contribution is -2.32. The Hall–Kier alpha value is -2.21. The minimum atomic E-state index is -0.0943. The van der Waals surface area contributed by atoms with Gasteiger partial charge in [-0.25, -0.2) is 4.98 Å². The Kier molecular flexibility index (Phi) is 5.48. The van der Waals surface area contributed by atoms with E-state index in [0.29, 0.717) is 5.69 Å². The van der Waals surface area contributed by atoms with Gasteiger partial charge in [0.1, 0.15) is 10.7 Å². The minimum Gasteiger partial charge on any atom is -0.337 e. The van der Waals surface area contributed by atoms with Crippen LogP contribution in [-0.4, -0.2) is 34.8 Å². The van der Waals surface area contributed by atoms with Crippen LogP contribution in [0.5, 0.6) is 0 Å². The number of thiazole rings is 1. The highest BCUT2D eigenvalue weighted by molar-refractivity contribution is 7.15. The summed E-state index contributed by atoms with van der Waals surface area (Å²) in [5, 5.41) is 3.59. The van der Waals surface area contributed by atoms with E-state index >= 15 is 0 Å². The van der Waals surface area contributed by atoms with Crippen LogP contribution in [0, 0.1) is 6.92 Å². The van der Waals surface area contributed by atoms with Gasteiger partial charge in [-0.15, -0.1) is 11.3 Å². The van der Waals surface area contributed by atoms with Gasteiger partial charge in [-0.2, -0.15) is 0 Å². The maximum Gasteiger partial charge on any atom is 0.273 e. The van der Waals surface area contributed by atoms with E-state index in [2.05, 4.69) is 10.3 Å². The minimum absolute atomic E-state index is 0.0526. The zero-order valence-corrected chi connectivity index (χ0v) is 15.5. The highest BCUT2D eigenvalue weighted by atomic mass is 32.1. The van der Waals surface area contributed by atoms with Gasteiger partial charge in [0.2, 0.25) is 5.91 Å². The number of rotatable bonds is 3. The van der Waals surface area contributed by atoms with E-state index in [9.17, 15) is 9.59 Å². The van der Waals surface area contributed by atoms with Gasteiger partial charge < -0.3 is 10.2 Å². The average molecular weight is 357 g/mol. The van der Waals surface area contributed by atoms with E-state index in [1.807, 2.05) is 36.1 Å². The van der Waals surface area contributed by atoms with Gasteiger partial charge >= 0.3 is 0 Å². The summed E-state index contributed by atoms with van der Waals surface area (Å²) >= 11 is 1.54. The van der Waals surface area contributed by atoms with Crippen LogP contribution < -0.4 is 5.32 Å². The molecule has 0 aliphatic carbocycles. The molecule has 132 valence electrons. The first-order chi connectivity index (χ1) is 12.0. The number of aromatic nitrogens is 1. The van der Waals surface area contributed by atoms with Crippen molar-refractivity contribution in [2.75, 3.05) is 18.4 Å². The van der Waals surface area contributed by atoms with E-state index < -0.39 is 0 Å². The average Bonchev–Trinajstić information content (AvgIpc) is 2.80. The molecular formula is C19H23N3O2S. The number of likely N-dealkylation sites (tertiary alicyclic amines) is 1. The molecule has 25 heavy (non-hydrogen) atoms. The molecule has 5 nitrogen and oxygen atoms in total. The number of hydrogen-bond donors (Lipinski definition) is 1. The smallest absolute Gasteiger partial charge is 0.273 e. The molecule has 0 spiro atoms.